The highest BCUT2D eigenvalue weighted by Crippen LogP contribution is 2.30. The molecule has 7 heteroatoms. The molecule has 0 bridgehead atoms. The number of anilines is 1. The van der Waals surface area contributed by atoms with E-state index in [-0.39, 0.29) is 17.3 Å². The van der Waals surface area contributed by atoms with E-state index in [1.807, 2.05) is 30.3 Å². The van der Waals surface area contributed by atoms with Crippen molar-refractivity contribution in [3.05, 3.63) is 69.8 Å². The maximum atomic E-state index is 11.5. The lowest BCUT2D eigenvalue weighted by atomic mass is 10.0. The van der Waals surface area contributed by atoms with Crippen molar-refractivity contribution < 1.29 is 9.72 Å². The van der Waals surface area contributed by atoms with Crippen LogP contribution in [0.3, 0.4) is 0 Å². The summed E-state index contributed by atoms with van der Waals surface area (Å²) >= 11 is 0. The van der Waals surface area contributed by atoms with Crippen LogP contribution in [0.2, 0.25) is 0 Å². The van der Waals surface area contributed by atoms with E-state index >= 15 is 0 Å². The summed E-state index contributed by atoms with van der Waals surface area (Å²) in [6.45, 7) is 2.83. The summed E-state index contributed by atoms with van der Waals surface area (Å²) in [4.78, 5) is 24.7. The fraction of sp³-hybridized carbons (Fsp3) is 0.316. The summed E-state index contributed by atoms with van der Waals surface area (Å²) in [5.41, 5.74) is 6.66. The Morgan fingerprint density at radius 2 is 1.88 bits per heavy atom. The molecule has 0 unspecified atom stereocenters. The third-order valence-corrected chi connectivity index (χ3v) is 4.65. The number of benzene rings is 2. The topological polar surface area (TPSA) is 102 Å². The first-order valence-electron chi connectivity index (χ1n) is 8.66. The number of carbonyl (C=O) groups excluding carboxylic acids is 1. The second-order valence-electron chi connectivity index (χ2n) is 6.47. The molecule has 1 aliphatic heterocycles. The van der Waals surface area contributed by atoms with Crippen molar-refractivity contribution in [3.63, 3.8) is 0 Å². The molecule has 0 spiro atoms. The van der Waals surface area contributed by atoms with Crippen LogP contribution in [-0.2, 0) is 0 Å². The van der Waals surface area contributed by atoms with E-state index in [4.69, 9.17) is 5.73 Å². The Balaban J connectivity index is 1.90. The first-order valence-corrected chi connectivity index (χ1v) is 8.66. The summed E-state index contributed by atoms with van der Waals surface area (Å²) < 4.78 is 0. The van der Waals surface area contributed by atoms with Crippen molar-refractivity contribution in [1.29, 1.82) is 0 Å². The maximum absolute atomic E-state index is 11.5. The predicted octanol–water partition coefficient (Wildman–Crippen LogP) is 2.94. The highest BCUT2D eigenvalue weighted by molar-refractivity contribution is 5.94. The zero-order valence-electron chi connectivity index (χ0n) is 14.4. The minimum absolute atomic E-state index is 0.0903. The van der Waals surface area contributed by atoms with Gasteiger partial charge in [0, 0.05) is 18.2 Å². The molecule has 1 amide bonds. The maximum Gasteiger partial charge on any atom is 0.293 e. The van der Waals surface area contributed by atoms with Gasteiger partial charge < -0.3 is 16.0 Å². The van der Waals surface area contributed by atoms with Crippen molar-refractivity contribution in [1.82, 2.24) is 4.90 Å². The number of primary amides is 1. The molecule has 1 fully saturated rings. The Bertz CT molecular complexity index is 789. The van der Waals surface area contributed by atoms with Gasteiger partial charge in [-0.2, -0.15) is 0 Å². The van der Waals surface area contributed by atoms with Crippen LogP contribution in [0.15, 0.2) is 48.5 Å². The summed E-state index contributed by atoms with van der Waals surface area (Å²) in [5, 5.41) is 14.8. The molecule has 136 valence electrons. The van der Waals surface area contributed by atoms with E-state index in [0.29, 0.717) is 5.69 Å². The van der Waals surface area contributed by atoms with Gasteiger partial charge in [-0.1, -0.05) is 30.3 Å². The normalized spacial score (nSPS) is 15.5. The Labute approximate surface area is 152 Å². The lowest BCUT2D eigenvalue weighted by molar-refractivity contribution is -0.384. The molecule has 2 aromatic carbocycles. The van der Waals surface area contributed by atoms with E-state index in [2.05, 4.69) is 10.2 Å². The van der Waals surface area contributed by atoms with Gasteiger partial charge in [-0.15, -0.1) is 0 Å². The number of hydrogen-bond donors (Lipinski definition) is 2. The number of nitrogens with zero attached hydrogens (tertiary/aromatic N) is 2. The van der Waals surface area contributed by atoms with Crippen molar-refractivity contribution in [2.45, 2.75) is 18.9 Å². The van der Waals surface area contributed by atoms with Gasteiger partial charge in [0.2, 0.25) is 5.91 Å². The van der Waals surface area contributed by atoms with Crippen LogP contribution in [0, 0.1) is 10.1 Å². The molecule has 0 aliphatic carbocycles. The van der Waals surface area contributed by atoms with Gasteiger partial charge in [0.1, 0.15) is 5.69 Å². The fourth-order valence-electron chi connectivity index (χ4n) is 3.29. The van der Waals surface area contributed by atoms with Crippen molar-refractivity contribution in [2.24, 2.45) is 5.73 Å². The Morgan fingerprint density at radius 3 is 2.50 bits per heavy atom. The first-order chi connectivity index (χ1) is 12.5. The zero-order chi connectivity index (χ0) is 18.5. The Morgan fingerprint density at radius 1 is 1.19 bits per heavy atom. The van der Waals surface area contributed by atoms with Gasteiger partial charge in [-0.05, 0) is 43.6 Å². The minimum Gasteiger partial charge on any atom is -0.371 e. The number of nitro benzene ring substituents is 1. The SMILES string of the molecule is NC(=O)c1ccc(N[C@@H](CN2CCCC2)c2ccccc2)c([N+](=O)[O-])c1. The van der Waals surface area contributed by atoms with E-state index in [9.17, 15) is 14.9 Å². The molecule has 3 N–H and O–H groups in total. The molecule has 2 aromatic rings. The van der Waals surface area contributed by atoms with Crippen LogP contribution in [0.25, 0.3) is 0 Å². The largest absolute Gasteiger partial charge is 0.371 e. The molecule has 1 saturated heterocycles. The molecule has 1 atom stereocenters. The highest BCUT2D eigenvalue weighted by Gasteiger charge is 2.23. The molecule has 0 radical (unpaired) electrons. The zero-order valence-corrected chi connectivity index (χ0v) is 14.4. The smallest absolute Gasteiger partial charge is 0.293 e. The average Bonchev–Trinajstić information content (AvgIpc) is 3.15. The average molecular weight is 354 g/mol. The monoisotopic (exact) mass is 354 g/mol. The van der Waals surface area contributed by atoms with Crippen molar-refractivity contribution >= 4 is 17.3 Å². The molecular weight excluding hydrogens is 332 g/mol. The molecule has 0 saturated carbocycles. The van der Waals surface area contributed by atoms with Gasteiger partial charge >= 0.3 is 0 Å². The van der Waals surface area contributed by atoms with E-state index in [0.717, 1.165) is 25.2 Å². The molecule has 0 aromatic heterocycles. The van der Waals surface area contributed by atoms with Crippen LogP contribution in [0.4, 0.5) is 11.4 Å². The third kappa shape index (κ3) is 4.18. The number of nitrogens with two attached hydrogens (primary N) is 1. The Kier molecular flexibility index (Phi) is 5.48. The number of nitro groups is 1. The van der Waals surface area contributed by atoms with Gasteiger partial charge in [-0.25, -0.2) is 0 Å². The lowest BCUT2D eigenvalue weighted by Crippen LogP contribution is -2.29. The van der Waals surface area contributed by atoms with Gasteiger partial charge in [0.05, 0.1) is 11.0 Å². The minimum atomic E-state index is -0.684. The van der Waals surface area contributed by atoms with Crippen LogP contribution in [0.5, 0.6) is 0 Å². The van der Waals surface area contributed by atoms with Crippen LogP contribution >= 0.6 is 0 Å². The number of likely N-dealkylation sites (tertiary alicyclic amines) is 1. The standard InChI is InChI=1S/C19H22N4O3/c20-19(24)15-8-9-16(18(12-15)23(25)26)21-17(13-22-10-4-5-11-22)14-6-2-1-3-7-14/h1-3,6-9,12,17,21H,4-5,10-11,13H2,(H2,20,24)/t17-/m0/s1. The number of hydrogen-bond acceptors (Lipinski definition) is 5. The predicted molar refractivity (Wildman–Crippen MR) is 100 cm³/mol. The van der Waals surface area contributed by atoms with Crippen LogP contribution < -0.4 is 11.1 Å². The second-order valence-corrected chi connectivity index (χ2v) is 6.47. The van der Waals surface area contributed by atoms with Crippen molar-refractivity contribution in [2.75, 3.05) is 25.0 Å². The summed E-state index contributed by atoms with van der Waals surface area (Å²) in [6.07, 6.45) is 2.35. The molecular formula is C19H22N4O3. The van der Waals surface area contributed by atoms with Crippen LogP contribution in [-0.4, -0.2) is 35.4 Å². The van der Waals surface area contributed by atoms with Gasteiger partial charge in [0.15, 0.2) is 0 Å². The number of nitrogens with one attached hydrogen (secondary N) is 1. The summed E-state index contributed by atoms with van der Waals surface area (Å²) in [5.74, 6) is -0.684. The van der Waals surface area contributed by atoms with E-state index in [1.165, 1.54) is 25.0 Å². The number of rotatable bonds is 7. The summed E-state index contributed by atoms with van der Waals surface area (Å²) in [7, 11) is 0. The second kappa shape index (κ2) is 7.97. The number of amides is 1. The molecule has 1 heterocycles. The van der Waals surface area contributed by atoms with Crippen LogP contribution in [0.1, 0.15) is 34.8 Å². The summed E-state index contributed by atoms with van der Waals surface area (Å²) in [6, 6.07) is 14.1. The fourth-order valence-corrected chi connectivity index (χ4v) is 3.29. The quantitative estimate of drug-likeness (QED) is 0.588. The molecule has 7 nitrogen and oxygen atoms in total. The first kappa shape index (κ1) is 17.9. The molecule has 1 aliphatic rings. The Hall–Kier alpha value is -2.93. The van der Waals surface area contributed by atoms with Crippen molar-refractivity contribution in [3.8, 4) is 0 Å². The van der Waals surface area contributed by atoms with E-state index in [1.54, 1.807) is 6.07 Å². The van der Waals surface area contributed by atoms with Gasteiger partial charge in [0.25, 0.3) is 5.69 Å². The molecule has 3 rings (SSSR count). The third-order valence-electron chi connectivity index (χ3n) is 4.65. The highest BCUT2D eigenvalue weighted by atomic mass is 16.6. The lowest BCUT2D eigenvalue weighted by Gasteiger charge is -2.25. The number of carbonyl (C=O) groups is 1. The van der Waals surface area contributed by atoms with Gasteiger partial charge in [-0.3, -0.25) is 14.9 Å². The molecule has 26 heavy (non-hydrogen) atoms. The van der Waals surface area contributed by atoms with E-state index < -0.39 is 10.8 Å².